The molecule has 0 aliphatic carbocycles. The molecule has 0 unspecified atom stereocenters. The molecule has 2 N–H and O–H groups in total. The summed E-state index contributed by atoms with van der Waals surface area (Å²) in [6.07, 6.45) is 0. The summed E-state index contributed by atoms with van der Waals surface area (Å²) in [6, 6.07) is 14.5. The van der Waals surface area contributed by atoms with Gasteiger partial charge in [-0.2, -0.15) is 0 Å². The first-order valence-electron chi connectivity index (χ1n) is 6.79. The molecule has 0 fully saturated rings. The fraction of sp³-hybridized carbons (Fsp3) is 0.125. The van der Waals surface area contributed by atoms with E-state index in [1.165, 1.54) is 33.6 Å². The lowest BCUT2D eigenvalue weighted by molar-refractivity contribution is 0.629. The summed E-state index contributed by atoms with van der Waals surface area (Å²) in [5.74, 6) is 6.71. The van der Waals surface area contributed by atoms with Gasteiger partial charge in [-0.15, -0.1) is 10.2 Å². The summed E-state index contributed by atoms with van der Waals surface area (Å²) in [6.45, 7) is 2.06. The van der Waals surface area contributed by atoms with E-state index in [0.29, 0.717) is 16.5 Å². The van der Waals surface area contributed by atoms with Gasteiger partial charge in [-0.3, -0.25) is 0 Å². The first-order valence-corrected chi connectivity index (χ1v) is 7.78. The number of thioether (sulfide) groups is 1. The van der Waals surface area contributed by atoms with Crippen molar-refractivity contribution in [2.75, 3.05) is 5.84 Å². The van der Waals surface area contributed by atoms with E-state index >= 15 is 0 Å². The van der Waals surface area contributed by atoms with Crippen LogP contribution in [0, 0.1) is 12.7 Å². The van der Waals surface area contributed by atoms with Crippen molar-refractivity contribution in [3.63, 3.8) is 0 Å². The second-order valence-electron chi connectivity index (χ2n) is 4.87. The third-order valence-corrected chi connectivity index (χ3v) is 4.39. The number of aromatic nitrogens is 3. The van der Waals surface area contributed by atoms with Crippen molar-refractivity contribution in [1.82, 2.24) is 14.9 Å². The molecule has 0 aliphatic rings. The predicted octanol–water partition coefficient (Wildman–Crippen LogP) is 3.40. The standard InChI is InChI=1S/C16H15FN4S/c1-11-6-2-3-7-12(11)10-22-16-20-19-15(21(16)18)13-8-4-5-9-14(13)17/h2-9H,10,18H2,1H3. The summed E-state index contributed by atoms with van der Waals surface area (Å²) in [4.78, 5) is 0. The minimum absolute atomic E-state index is 0.324. The smallest absolute Gasteiger partial charge is 0.210 e. The Kier molecular flexibility index (Phi) is 4.11. The number of nitrogens with two attached hydrogens (primary N) is 1. The Balaban J connectivity index is 1.83. The van der Waals surface area contributed by atoms with Crippen molar-refractivity contribution >= 4 is 11.8 Å². The Morgan fingerprint density at radius 1 is 1.09 bits per heavy atom. The molecule has 0 aliphatic heterocycles. The number of hydrogen-bond donors (Lipinski definition) is 1. The average Bonchev–Trinajstić information content (AvgIpc) is 2.88. The molecule has 0 bridgehead atoms. The zero-order chi connectivity index (χ0) is 15.5. The highest BCUT2D eigenvalue weighted by molar-refractivity contribution is 7.98. The molecule has 2 aromatic carbocycles. The van der Waals surface area contributed by atoms with Crippen molar-refractivity contribution in [2.24, 2.45) is 0 Å². The van der Waals surface area contributed by atoms with Gasteiger partial charge in [-0.25, -0.2) is 9.07 Å². The number of rotatable bonds is 4. The van der Waals surface area contributed by atoms with Crippen LogP contribution >= 0.6 is 11.8 Å². The van der Waals surface area contributed by atoms with Gasteiger partial charge in [0.15, 0.2) is 5.82 Å². The fourth-order valence-electron chi connectivity index (χ4n) is 2.12. The Hall–Kier alpha value is -2.34. The van der Waals surface area contributed by atoms with E-state index in [9.17, 15) is 4.39 Å². The van der Waals surface area contributed by atoms with Crippen LogP contribution in [0.4, 0.5) is 4.39 Å². The molecule has 0 saturated carbocycles. The third kappa shape index (κ3) is 2.82. The number of nitrogen functional groups attached to an aromatic ring is 1. The van der Waals surface area contributed by atoms with Crippen molar-refractivity contribution in [3.05, 3.63) is 65.5 Å². The lowest BCUT2D eigenvalue weighted by atomic mass is 10.1. The predicted molar refractivity (Wildman–Crippen MR) is 86.3 cm³/mol. The number of benzene rings is 2. The highest BCUT2D eigenvalue weighted by Gasteiger charge is 2.15. The van der Waals surface area contributed by atoms with Gasteiger partial charge in [0.2, 0.25) is 5.16 Å². The number of nitrogens with zero attached hydrogens (tertiary/aromatic N) is 3. The quantitative estimate of drug-likeness (QED) is 0.592. The molecule has 3 aromatic rings. The van der Waals surface area contributed by atoms with E-state index < -0.39 is 0 Å². The van der Waals surface area contributed by atoms with Crippen LogP contribution in [-0.4, -0.2) is 14.9 Å². The maximum absolute atomic E-state index is 13.8. The minimum atomic E-state index is -0.364. The monoisotopic (exact) mass is 314 g/mol. The molecule has 0 spiro atoms. The van der Waals surface area contributed by atoms with Gasteiger partial charge in [0.25, 0.3) is 0 Å². The minimum Gasteiger partial charge on any atom is -0.335 e. The van der Waals surface area contributed by atoms with Crippen LogP contribution in [0.15, 0.2) is 53.7 Å². The first kappa shape index (κ1) is 14.6. The molecule has 1 aromatic heterocycles. The molecule has 22 heavy (non-hydrogen) atoms. The summed E-state index contributed by atoms with van der Waals surface area (Å²) < 4.78 is 15.2. The van der Waals surface area contributed by atoms with Crippen LogP contribution in [0.25, 0.3) is 11.4 Å². The second kappa shape index (κ2) is 6.19. The van der Waals surface area contributed by atoms with Gasteiger partial charge < -0.3 is 5.84 Å². The molecule has 4 nitrogen and oxygen atoms in total. The van der Waals surface area contributed by atoms with E-state index in [0.717, 1.165) is 5.75 Å². The Morgan fingerprint density at radius 3 is 2.59 bits per heavy atom. The Labute approximate surface area is 132 Å². The van der Waals surface area contributed by atoms with Crippen molar-refractivity contribution < 1.29 is 4.39 Å². The molecular formula is C16H15FN4S. The van der Waals surface area contributed by atoms with Crippen LogP contribution in [-0.2, 0) is 5.75 Å². The molecule has 0 radical (unpaired) electrons. The van der Waals surface area contributed by atoms with Crippen LogP contribution < -0.4 is 5.84 Å². The van der Waals surface area contributed by atoms with Crippen LogP contribution in [0.3, 0.4) is 0 Å². The van der Waals surface area contributed by atoms with E-state index in [2.05, 4.69) is 29.3 Å². The zero-order valence-corrected chi connectivity index (χ0v) is 12.8. The maximum atomic E-state index is 13.8. The summed E-state index contributed by atoms with van der Waals surface area (Å²) >= 11 is 1.48. The van der Waals surface area contributed by atoms with Gasteiger partial charge >= 0.3 is 0 Å². The van der Waals surface area contributed by atoms with Gasteiger partial charge in [0.05, 0.1) is 5.56 Å². The Bertz CT molecular complexity index is 800. The van der Waals surface area contributed by atoms with Gasteiger partial charge in [-0.05, 0) is 30.2 Å². The number of hydrogen-bond acceptors (Lipinski definition) is 4. The average molecular weight is 314 g/mol. The molecule has 0 atom stereocenters. The molecule has 112 valence electrons. The molecule has 6 heteroatoms. The SMILES string of the molecule is Cc1ccccc1CSc1nnc(-c2ccccc2F)n1N. The van der Waals surface area contributed by atoms with E-state index in [1.807, 2.05) is 12.1 Å². The van der Waals surface area contributed by atoms with E-state index in [-0.39, 0.29) is 5.82 Å². The van der Waals surface area contributed by atoms with E-state index in [4.69, 9.17) is 5.84 Å². The fourth-order valence-corrected chi connectivity index (χ4v) is 3.05. The molecule has 0 amide bonds. The van der Waals surface area contributed by atoms with Crippen molar-refractivity contribution in [1.29, 1.82) is 0 Å². The van der Waals surface area contributed by atoms with Crippen LogP contribution in [0.2, 0.25) is 0 Å². The number of aryl methyl sites for hydroxylation is 1. The van der Waals surface area contributed by atoms with Gasteiger partial charge in [0.1, 0.15) is 5.82 Å². The normalized spacial score (nSPS) is 10.8. The first-order chi connectivity index (χ1) is 10.7. The van der Waals surface area contributed by atoms with Crippen LogP contribution in [0.5, 0.6) is 0 Å². The van der Waals surface area contributed by atoms with Crippen molar-refractivity contribution in [2.45, 2.75) is 17.8 Å². The van der Waals surface area contributed by atoms with Gasteiger partial charge in [0, 0.05) is 5.75 Å². The third-order valence-electron chi connectivity index (χ3n) is 3.40. The number of halogens is 1. The topological polar surface area (TPSA) is 56.7 Å². The Morgan fingerprint density at radius 2 is 1.82 bits per heavy atom. The lowest BCUT2D eigenvalue weighted by Crippen LogP contribution is -2.12. The zero-order valence-electron chi connectivity index (χ0n) is 12.0. The molecule has 0 saturated heterocycles. The maximum Gasteiger partial charge on any atom is 0.210 e. The largest absolute Gasteiger partial charge is 0.335 e. The van der Waals surface area contributed by atoms with Crippen molar-refractivity contribution in [3.8, 4) is 11.4 Å². The molecule has 1 heterocycles. The van der Waals surface area contributed by atoms with E-state index in [1.54, 1.807) is 18.2 Å². The van der Waals surface area contributed by atoms with Crippen LogP contribution in [0.1, 0.15) is 11.1 Å². The summed E-state index contributed by atoms with van der Waals surface area (Å²) in [7, 11) is 0. The highest BCUT2D eigenvalue weighted by Crippen LogP contribution is 2.26. The summed E-state index contributed by atoms with van der Waals surface area (Å²) in [5.41, 5.74) is 2.77. The summed E-state index contributed by atoms with van der Waals surface area (Å²) in [5, 5.41) is 8.63. The molecular weight excluding hydrogens is 299 g/mol. The second-order valence-corrected chi connectivity index (χ2v) is 5.81. The molecule has 3 rings (SSSR count). The highest BCUT2D eigenvalue weighted by atomic mass is 32.2. The lowest BCUT2D eigenvalue weighted by Gasteiger charge is -2.06. The van der Waals surface area contributed by atoms with Gasteiger partial charge in [-0.1, -0.05) is 48.2 Å².